The quantitative estimate of drug-likeness (QED) is 0.700. The second-order valence-electron chi connectivity index (χ2n) is 6.73. The van der Waals surface area contributed by atoms with Crippen molar-refractivity contribution >= 4 is 33.4 Å². The lowest BCUT2D eigenvalue weighted by molar-refractivity contribution is 0.0300. The average molecular weight is 451 g/mol. The van der Waals surface area contributed by atoms with Crippen LogP contribution in [0.1, 0.15) is 10.4 Å². The minimum Gasteiger partial charge on any atom is -0.486 e. The minimum atomic E-state index is -3.90. The number of sulfonamides is 1. The number of nitrogens with one attached hydrogen (secondary N) is 1. The second kappa shape index (κ2) is 8.75. The summed E-state index contributed by atoms with van der Waals surface area (Å²) in [6.45, 7) is 2.79. The summed E-state index contributed by atoms with van der Waals surface area (Å²) < 4.78 is 44.8. The van der Waals surface area contributed by atoms with E-state index >= 15 is 0 Å². The Bertz CT molecular complexity index is 1050. The number of carbonyl (C=O) groups excluding carboxylic acids is 1. The normalized spacial score (nSPS) is 16.2. The summed E-state index contributed by atoms with van der Waals surface area (Å²) in [5.41, 5.74) is 0.726. The van der Waals surface area contributed by atoms with Gasteiger partial charge in [-0.05, 0) is 36.6 Å². The fourth-order valence-electron chi connectivity index (χ4n) is 3.28. The number of thioether (sulfide) groups is 1. The third kappa shape index (κ3) is 4.35. The van der Waals surface area contributed by atoms with Gasteiger partial charge in [-0.2, -0.15) is 0 Å². The van der Waals surface area contributed by atoms with E-state index in [1.807, 2.05) is 6.26 Å². The zero-order valence-corrected chi connectivity index (χ0v) is 18.1. The van der Waals surface area contributed by atoms with Crippen LogP contribution in [0.3, 0.4) is 0 Å². The van der Waals surface area contributed by atoms with Crippen molar-refractivity contribution in [3.63, 3.8) is 0 Å². The number of ether oxygens (including phenoxy) is 3. The van der Waals surface area contributed by atoms with Gasteiger partial charge in [0.2, 0.25) is 0 Å². The molecule has 2 aliphatic heterocycles. The number of rotatable bonds is 5. The van der Waals surface area contributed by atoms with Gasteiger partial charge in [0, 0.05) is 24.1 Å². The lowest BCUT2D eigenvalue weighted by Crippen LogP contribution is -2.40. The van der Waals surface area contributed by atoms with Crippen LogP contribution in [0.4, 0.5) is 5.69 Å². The number of benzene rings is 2. The molecule has 8 nitrogen and oxygen atoms in total. The van der Waals surface area contributed by atoms with E-state index in [-0.39, 0.29) is 10.8 Å². The first-order valence-electron chi connectivity index (χ1n) is 9.45. The summed E-state index contributed by atoms with van der Waals surface area (Å²) >= 11 is 1.40. The molecule has 1 N–H and O–H groups in total. The highest BCUT2D eigenvalue weighted by molar-refractivity contribution is 7.98. The Balaban J connectivity index is 1.61. The molecule has 30 heavy (non-hydrogen) atoms. The van der Waals surface area contributed by atoms with Crippen LogP contribution in [0.5, 0.6) is 11.5 Å². The fraction of sp³-hybridized carbons (Fsp3) is 0.350. The highest BCUT2D eigenvalue weighted by Gasteiger charge is 2.24. The third-order valence-corrected chi connectivity index (χ3v) is 6.98. The van der Waals surface area contributed by atoms with E-state index in [2.05, 4.69) is 4.72 Å². The highest BCUT2D eigenvalue weighted by atomic mass is 32.2. The van der Waals surface area contributed by atoms with E-state index in [4.69, 9.17) is 14.2 Å². The number of carbonyl (C=O) groups is 1. The van der Waals surface area contributed by atoms with Crippen LogP contribution < -0.4 is 14.2 Å². The molecule has 0 radical (unpaired) electrons. The largest absolute Gasteiger partial charge is 0.486 e. The number of hydrogen-bond acceptors (Lipinski definition) is 7. The molecule has 4 rings (SSSR count). The molecule has 0 aliphatic carbocycles. The molecule has 2 aromatic rings. The van der Waals surface area contributed by atoms with Crippen molar-refractivity contribution in [2.24, 2.45) is 0 Å². The molecule has 1 saturated heterocycles. The van der Waals surface area contributed by atoms with Crippen molar-refractivity contribution in [2.75, 3.05) is 50.5 Å². The Morgan fingerprint density at radius 1 is 1.00 bits per heavy atom. The third-order valence-electron chi connectivity index (χ3n) is 4.80. The van der Waals surface area contributed by atoms with Crippen LogP contribution >= 0.6 is 11.8 Å². The minimum absolute atomic E-state index is 0.0202. The summed E-state index contributed by atoms with van der Waals surface area (Å²) in [4.78, 5) is 15.4. The van der Waals surface area contributed by atoms with Gasteiger partial charge in [0.15, 0.2) is 11.5 Å². The summed E-state index contributed by atoms with van der Waals surface area (Å²) in [6.07, 6.45) is 1.85. The average Bonchev–Trinajstić information content (AvgIpc) is 2.78. The Morgan fingerprint density at radius 3 is 2.47 bits per heavy atom. The molecule has 0 spiro atoms. The van der Waals surface area contributed by atoms with Gasteiger partial charge in [-0.3, -0.25) is 9.52 Å². The van der Waals surface area contributed by atoms with Crippen molar-refractivity contribution in [3.8, 4) is 11.5 Å². The van der Waals surface area contributed by atoms with Gasteiger partial charge in [0.25, 0.3) is 15.9 Å². The Kier molecular flexibility index (Phi) is 6.07. The molecule has 2 heterocycles. The molecule has 0 aromatic heterocycles. The van der Waals surface area contributed by atoms with Crippen LogP contribution in [0.25, 0.3) is 0 Å². The van der Waals surface area contributed by atoms with Crippen LogP contribution in [0.2, 0.25) is 0 Å². The molecule has 0 bridgehead atoms. The molecule has 2 aromatic carbocycles. The summed E-state index contributed by atoms with van der Waals surface area (Å²) in [5, 5.41) is 0. The van der Waals surface area contributed by atoms with E-state index in [0.29, 0.717) is 62.3 Å². The van der Waals surface area contributed by atoms with Gasteiger partial charge in [-0.15, -0.1) is 11.8 Å². The molecular weight excluding hydrogens is 428 g/mol. The maximum absolute atomic E-state index is 13.0. The van der Waals surface area contributed by atoms with Gasteiger partial charge in [0.05, 0.1) is 29.4 Å². The number of anilines is 1. The molecule has 160 valence electrons. The van der Waals surface area contributed by atoms with Crippen molar-refractivity contribution in [3.05, 3.63) is 42.0 Å². The molecule has 10 heteroatoms. The molecule has 0 unspecified atom stereocenters. The molecule has 0 atom stereocenters. The SMILES string of the molecule is CSc1ccc(S(=O)(=O)Nc2ccc3c(c2)OCCO3)cc1C(=O)N1CCOCC1. The van der Waals surface area contributed by atoms with E-state index in [1.165, 1.54) is 23.9 Å². The van der Waals surface area contributed by atoms with E-state index in [9.17, 15) is 13.2 Å². The highest BCUT2D eigenvalue weighted by Crippen LogP contribution is 2.33. The van der Waals surface area contributed by atoms with Crippen molar-refractivity contribution in [1.82, 2.24) is 4.90 Å². The zero-order chi connectivity index (χ0) is 21.1. The Hall–Kier alpha value is -2.43. The van der Waals surface area contributed by atoms with Gasteiger partial charge >= 0.3 is 0 Å². The smallest absolute Gasteiger partial charge is 0.261 e. The number of hydrogen-bond donors (Lipinski definition) is 1. The van der Waals surface area contributed by atoms with Crippen LogP contribution in [0, 0.1) is 0 Å². The first kappa shape index (κ1) is 20.8. The summed E-state index contributed by atoms with van der Waals surface area (Å²) in [7, 11) is -3.90. The first-order valence-corrected chi connectivity index (χ1v) is 12.2. The monoisotopic (exact) mass is 450 g/mol. The number of morpholine rings is 1. The molecular formula is C20H22N2O6S2. The molecule has 1 amide bonds. The molecule has 0 saturated carbocycles. The molecule has 1 fully saturated rings. The van der Waals surface area contributed by atoms with Crippen LogP contribution in [-0.4, -0.2) is 65.0 Å². The lowest BCUT2D eigenvalue weighted by Gasteiger charge is -2.27. The zero-order valence-electron chi connectivity index (χ0n) is 16.4. The Morgan fingerprint density at radius 2 is 1.73 bits per heavy atom. The van der Waals surface area contributed by atoms with Gasteiger partial charge in [-0.25, -0.2) is 8.42 Å². The first-order chi connectivity index (χ1) is 14.5. The number of fused-ring (bicyclic) bond motifs is 1. The summed E-state index contributed by atoms with van der Waals surface area (Å²) in [6, 6.07) is 9.46. The topological polar surface area (TPSA) is 94.2 Å². The van der Waals surface area contributed by atoms with Gasteiger partial charge in [0.1, 0.15) is 13.2 Å². The lowest BCUT2D eigenvalue weighted by atomic mass is 10.2. The van der Waals surface area contributed by atoms with Crippen LogP contribution in [0.15, 0.2) is 46.2 Å². The number of nitrogens with zero attached hydrogens (tertiary/aromatic N) is 1. The maximum Gasteiger partial charge on any atom is 0.261 e. The second-order valence-corrected chi connectivity index (χ2v) is 9.26. The maximum atomic E-state index is 13.0. The van der Waals surface area contributed by atoms with Crippen molar-refractivity contribution in [2.45, 2.75) is 9.79 Å². The number of amides is 1. The Labute approximate surface area is 179 Å². The van der Waals surface area contributed by atoms with Gasteiger partial charge < -0.3 is 19.1 Å². The standard InChI is InChI=1S/C20H22N2O6S2/c1-29-19-5-3-15(13-16(19)20(23)22-6-8-26-9-7-22)30(24,25)21-14-2-4-17-18(12-14)28-11-10-27-17/h2-5,12-13,21H,6-11H2,1H3. The predicted molar refractivity (Wildman–Crippen MR) is 113 cm³/mol. The van der Waals surface area contributed by atoms with Gasteiger partial charge in [-0.1, -0.05) is 0 Å². The predicted octanol–water partition coefficient (Wildman–Crippen LogP) is 2.45. The summed E-state index contributed by atoms with van der Waals surface area (Å²) in [5.74, 6) is 0.869. The fourth-order valence-corrected chi connectivity index (χ4v) is 4.92. The van der Waals surface area contributed by atoms with E-state index in [1.54, 1.807) is 29.2 Å². The van der Waals surface area contributed by atoms with Crippen molar-refractivity contribution < 1.29 is 27.4 Å². The van der Waals surface area contributed by atoms with Crippen LogP contribution in [-0.2, 0) is 14.8 Å². The molecule has 2 aliphatic rings. The van der Waals surface area contributed by atoms with Crippen molar-refractivity contribution in [1.29, 1.82) is 0 Å². The van der Waals surface area contributed by atoms with E-state index < -0.39 is 10.0 Å². The van der Waals surface area contributed by atoms with E-state index in [0.717, 1.165) is 4.90 Å².